The third-order valence-corrected chi connectivity index (χ3v) is 4.02. The predicted molar refractivity (Wildman–Crippen MR) is 89.7 cm³/mol. The van der Waals surface area contributed by atoms with Gasteiger partial charge < -0.3 is 10.0 Å². The van der Waals surface area contributed by atoms with E-state index in [0.717, 1.165) is 34.8 Å². The van der Waals surface area contributed by atoms with E-state index >= 15 is 0 Å². The van der Waals surface area contributed by atoms with E-state index in [1.165, 1.54) is 0 Å². The van der Waals surface area contributed by atoms with Gasteiger partial charge in [0.1, 0.15) is 5.82 Å². The Labute approximate surface area is 135 Å². The molecule has 114 valence electrons. The van der Waals surface area contributed by atoms with Crippen molar-refractivity contribution in [1.29, 1.82) is 0 Å². The number of fused-ring (bicyclic) bond motifs is 1. The zero-order valence-corrected chi connectivity index (χ0v) is 13.4. The second-order valence-electron chi connectivity index (χ2n) is 5.15. The third-order valence-electron chi connectivity index (χ3n) is 3.78. The minimum Gasteiger partial charge on any atom is -0.355 e. The summed E-state index contributed by atoms with van der Waals surface area (Å²) in [6, 6.07) is 11.5. The number of nitrogens with zero attached hydrogens (tertiary/aromatic N) is 3. The van der Waals surface area contributed by atoms with Crippen molar-refractivity contribution < 1.29 is 5.11 Å². The maximum Gasteiger partial charge on any atom is 0.227 e. The molecule has 1 aliphatic rings. The zero-order chi connectivity index (χ0) is 15.7. The number of anilines is 1. The number of rotatable bonds is 3. The van der Waals surface area contributed by atoms with Crippen molar-refractivity contribution in [1.82, 2.24) is 4.98 Å². The molecule has 4 nitrogen and oxygen atoms in total. The quantitative estimate of drug-likeness (QED) is 0.946. The van der Waals surface area contributed by atoms with Gasteiger partial charge in [0, 0.05) is 28.4 Å². The highest BCUT2D eigenvalue weighted by Crippen LogP contribution is 2.29. The van der Waals surface area contributed by atoms with Gasteiger partial charge in [-0.05, 0) is 37.6 Å². The molecule has 0 fully saturated rings. The molecule has 1 aromatic heterocycles. The molecule has 3 rings (SSSR count). The Kier molecular flexibility index (Phi) is 4.14. The Morgan fingerprint density at radius 2 is 2.05 bits per heavy atom. The number of hydrogen-bond acceptors (Lipinski definition) is 4. The molecule has 1 aromatic carbocycles. The molecule has 0 amide bonds. The Bertz CT molecular complexity index is 730. The van der Waals surface area contributed by atoms with E-state index in [1.807, 2.05) is 43.3 Å². The van der Waals surface area contributed by atoms with E-state index in [1.54, 1.807) is 4.90 Å². The van der Waals surface area contributed by atoms with Gasteiger partial charge in [-0.15, -0.1) is 0 Å². The predicted octanol–water partition coefficient (Wildman–Crippen LogP) is 3.25. The van der Waals surface area contributed by atoms with Gasteiger partial charge >= 0.3 is 0 Å². The van der Waals surface area contributed by atoms with Crippen molar-refractivity contribution >= 4 is 23.1 Å². The van der Waals surface area contributed by atoms with Gasteiger partial charge in [-0.1, -0.05) is 30.7 Å². The molecule has 1 unspecified atom stereocenters. The number of pyridine rings is 1. The first-order valence-electron chi connectivity index (χ1n) is 7.42. The first kappa shape index (κ1) is 15.0. The summed E-state index contributed by atoms with van der Waals surface area (Å²) in [6.45, 7) is 4.68. The molecule has 1 N–H and O–H groups in total. The van der Waals surface area contributed by atoms with Gasteiger partial charge in [0.15, 0.2) is 0 Å². The van der Waals surface area contributed by atoms with E-state index in [0.29, 0.717) is 11.6 Å². The normalized spacial score (nSPS) is 17.2. The standard InChI is InChI=1S/C17H18ClN3O/c1-3-13-8-9-14-15(11-6-5-7-12(18)10-11)20-17(22)21(4-2)16(14)19-13/h5-10,17,22H,3-4H2,1-2H3. The molecule has 1 aliphatic heterocycles. The smallest absolute Gasteiger partial charge is 0.227 e. The van der Waals surface area contributed by atoms with E-state index in [2.05, 4.69) is 16.9 Å². The van der Waals surface area contributed by atoms with Crippen LogP contribution in [0.3, 0.4) is 0 Å². The summed E-state index contributed by atoms with van der Waals surface area (Å²) in [5, 5.41) is 11.0. The first-order chi connectivity index (χ1) is 10.6. The number of hydrogen-bond donors (Lipinski definition) is 1. The Morgan fingerprint density at radius 3 is 2.73 bits per heavy atom. The fourth-order valence-corrected chi connectivity index (χ4v) is 2.82. The molecule has 0 saturated heterocycles. The van der Waals surface area contributed by atoms with Crippen LogP contribution in [0.15, 0.2) is 41.4 Å². The van der Waals surface area contributed by atoms with Crippen LogP contribution in [0.1, 0.15) is 30.7 Å². The Hall–Kier alpha value is -1.91. The molecule has 5 heteroatoms. The Balaban J connectivity index is 2.17. The molecule has 0 spiro atoms. The highest BCUT2D eigenvalue weighted by molar-refractivity contribution is 6.31. The minimum absolute atomic E-state index is 0.640. The van der Waals surface area contributed by atoms with Crippen molar-refractivity contribution in [3.63, 3.8) is 0 Å². The van der Waals surface area contributed by atoms with Crippen LogP contribution in [-0.2, 0) is 6.42 Å². The molecule has 2 aromatic rings. The number of aromatic nitrogens is 1. The van der Waals surface area contributed by atoms with Crippen LogP contribution < -0.4 is 4.90 Å². The average molecular weight is 316 g/mol. The number of halogens is 1. The van der Waals surface area contributed by atoms with Crippen molar-refractivity contribution in [2.45, 2.75) is 26.6 Å². The van der Waals surface area contributed by atoms with Gasteiger partial charge in [0.05, 0.1) is 5.71 Å². The lowest BCUT2D eigenvalue weighted by Gasteiger charge is -2.32. The van der Waals surface area contributed by atoms with Crippen LogP contribution in [-0.4, -0.2) is 28.7 Å². The van der Waals surface area contributed by atoms with Crippen molar-refractivity contribution in [3.8, 4) is 0 Å². The number of aryl methyl sites for hydroxylation is 1. The fourth-order valence-electron chi connectivity index (χ4n) is 2.63. The summed E-state index contributed by atoms with van der Waals surface area (Å²) in [5.74, 6) is 0.777. The van der Waals surface area contributed by atoms with Crippen LogP contribution in [0.25, 0.3) is 0 Å². The second kappa shape index (κ2) is 6.07. The molecule has 0 bridgehead atoms. The molecular weight excluding hydrogens is 298 g/mol. The van der Waals surface area contributed by atoms with Gasteiger partial charge in [-0.25, -0.2) is 9.98 Å². The van der Waals surface area contributed by atoms with Crippen molar-refractivity contribution in [2.75, 3.05) is 11.4 Å². The summed E-state index contributed by atoms with van der Waals surface area (Å²) in [6.07, 6.45) is -0.0732. The van der Waals surface area contributed by atoms with Gasteiger partial charge in [-0.3, -0.25) is 0 Å². The van der Waals surface area contributed by atoms with Crippen LogP contribution in [0.4, 0.5) is 5.82 Å². The maximum absolute atomic E-state index is 10.3. The second-order valence-corrected chi connectivity index (χ2v) is 5.58. The molecule has 0 aliphatic carbocycles. The summed E-state index contributed by atoms with van der Waals surface area (Å²) in [4.78, 5) is 10.9. The fraction of sp³-hybridized carbons (Fsp3) is 0.294. The summed E-state index contributed by atoms with van der Waals surface area (Å²) >= 11 is 6.09. The Morgan fingerprint density at radius 1 is 1.23 bits per heavy atom. The zero-order valence-electron chi connectivity index (χ0n) is 12.6. The SMILES string of the molecule is CCc1ccc2c(n1)N(CC)C(O)N=C2c1cccc(Cl)c1. The molecule has 0 radical (unpaired) electrons. The molecule has 22 heavy (non-hydrogen) atoms. The van der Waals surface area contributed by atoms with Crippen LogP contribution in [0.2, 0.25) is 5.02 Å². The lowest BCUT2D eigenvalue weighted by atomic mass is 10.0. The van der Waals surface area contributed by atoms with Crippen LogP contribution >= 0.6 is 11.6 Å². The average Bonchev–Trinajstić information content (AvgIpc) is 2.53. The third kappa shape index (κ3) is 2.60. The molecular formula is C17H18ClN3O. The van der Waals surface area contributed by atoms with Crippen LogP contribution in [0.5, 0.6) is 0 Å². The van der Waals surface area contributed by atoms with Crippen molar-refractivity contribution in [3.05, 3.63) is 58.2 Å². The van der Waals surface area contributed by atoms with Gasteiger partial charge in [0.25, 0.3) is 0 Å². The van der Waals surface area contributed by atoms with E-state index in [4.69, 9.17) is 11.6 Å². The highest BCUT2D eigenvalue weighted by atomic mass is 35.5. The monoisotopic (exact) mass is 315 g/mol. The summed E-state index contributed by atoms with van der Waals surface area (Å²) < 4.78 is 0. The molecule has 1 atom stereocenters. The topological polar surface area (TPSA) is 48.7 Å². The summed E-state index contributed by atoms with van der Waals surface area (Å²) in [7, 11) is 0. The minimum atomic E-state index is -0.925. The number of benzene rings is 1. The summed E-state index contributed by atoms with van der Waals surface area (Å²) in [5.41, 5.74) is 3.53. The van der Waals surface area contributed by atoms with Crippen molar-refractivity contribution in [2.24, 2.45) is 4.99 Å². The number of aliphatic hydroxyl groups is 1. The molecule has 0 saturated carbocycles. The lowest BCUT2D eigenvalue weighted by Crippen LogP contribution is -2.39. The lowest BCUT2D eigenvalue weighted by molar-refractivity contribution is 0.177. The van der Waals surface area contributed by atoms with Gasteiger partial charge in [0.2, 0.25) is 6.35 Å². The number of aliphatic hydroxyl groups excluding tert-OH is 1. The van der Waals surface area contributed by atoms with Gasteiger partial charge in [-0.2, -0.15) is 0 Å². The maximum atomic E-state index is 10.3. The molecule has 2 heterocycles. The van der Waals surface area contributed by atoms with E-state index < -0.39 is 6.35 Å². The first-order valence-corrected chi connectivity index (χ1v) is 7.80. The number of aliphatic imine (C=N–C) groups is 1. The van der Waals surface area contributed by atoms with E-state index in [-0.39, 0.29) is 0 Å². The van der Waals surface area contributed by atoms with E-state index in [9.17, 15) is 5.11 Å². The van der Waals surface area contributed by atoms with Crippen LogP contribution in [0, 0.1) is 0 Å². The highest BCUT2D eigenvalue weighted by Gasteiger charge is 2.27. The largest absolute Gasteiger partial charge is 0.355 e.